The van der Waals surface area contributed by atoms with E-state index in [9.17, 15) is 0 Å². The van der Waals surface area contributed by atoms with Gasteiger partial charge in [-0.15, -0.1) is 0 Å². The van der Waals surface area contributed by atoms with Crippen LogP contribution >= 0.6 is 0 Å². The lowest BCUT2D eigenvalue weighted by Gasteiger charge is -2.07. The molecule has 0 bridgehead atoms. The predicted molar refractivity (Wildman–Crippen MR) is 88.1 cm³/mol. The summed E-state index contributed by atoms with van der Waals surface area (Å²) in [7, 11) is 0. The van der Waals surface area contributed by atoms with Gasteiger partial charge in [-0.25, -0.2) is 0 Å². The Morgan fingerprint density at radius 2 is 1.30 bits per heavy atom. The molecular formula is C20H26. The fourth-order valence-corrected chi connectivity index (χ4v) is 2.59. The van der Waals surface area contributed by atoms with Gasteiger partial charge >= 0.3 is 0 Å². The maximum absolute atomic E-state index is 2.39. The molecule has 2 aromatic carbocycles. The molecule has 0 N–H and O–H groups in total. The van der Waals surface area contributed by atoms with Crippen molar-refractivity contribution in [3.8, 4) is 0 Å². The minimum absolute atomic E-state index is 0.816. The zero-order valence-corrected chi connectivity index (χ0v) is 12.8. The summed E-state index contributed by atoms with van der Waals surface area (Å²) in [6.07, 6.45) is 6.13. The first-order valence-corrected chi connectivity index (χ1v) is 7.86. The van der Waals surface area contributed by atoms with Crippen LogP contribution in [-0.2, 0) is 19.3 Å². The first-order chi connectivity index (χ1) is 9.74. The topological polar surface area (TPSA) is 0 Å². The van der Waals surface area contributed by atoms with Crippen molar-refractivity contribution in [1.29, 1.82) is 0 Å². The van der Waals surface area contributed by atoms with E-state index in [0.29, 0.717) is 0 Å². The van der Waals surface area contributed by atoms with Gasteiger partial charge < -0.3 is 0 Å². The molecule has 0 saturated carbocycles. The van der Waals surface area contributed by atoms with Gasteiger partial charge in [0.25, 0.3) is 0 Å². The van der Waals surface area contributed by atoms with Crippen molar-refractivity contribution in [1.82, 2.24) is 0 Å². The summed E-state index contributed by atoms with van der Waals surface area (Å²) in [6, 6.07) is 19.9. The second-order valence-electron chi connectivity index (χ2n) is 6.09. The van der Waals surface area contributed by atoms with E-state index >= 15 is 0 Å². The normalized spacial score (nSPS) is 10.9. The van der Waals surface area contributed by atoms with Crippen LogP contribution in [0.25, 0.3) is 0 Å². The Balaban J connectivity index is 1.86. The lowest BCUT2D eigenvalue weighted by molar-refractivity contribution is 0.555. The van der Waals surface area contributed by atoms with Gasteiger partial charge in [-0.3, -0.25) is 0 Å². The van der Waals surface area contributed by atoms with Gasteiger partial charge in [0, 0.05) is 0 Å². The quantitative estimate of drug-likeness (QED) is 0.625. The van der Waals surface area contributed by atoms with Crippen molar-refractivity contribution >= 4 is 0 Å². The molecule has 0 heterocycles. The van der Waals surface area contributed by atoms with Gasteiger partial charge in [0.2, 0.25) is 0 Å². The number of rotatable bonds is 7. The summed E-state index contributed by atoms with van der Waals surface area (Å²) in [6.45, 7) is 4.60. The lowest BCUT2D eigenvalue weighted by atomic mass is 9.99. The van der Waals surface area contributed by atoms with E-state index in [-0.39, 0.29) is 0 Å². The summed E-state index contributed by atoms with van der Waals surface area (Å²) in [5.74, 6) is 0.816. The minimum Gasteiger partial charge on any atom is -0.0628 e. The van der Waals surface area contributed by atoms with E-state index in [1.165, 1.54) is 36.0 Å². The van der Waals surface area contributed by atoms with E-state index in [0.717, 1.165) is 18.8 Å². The third-order valence-electron chi connectivity index (χ3n) is 3.78. The third kappa shape index (κ3) is 5.21. The van der Waals surface area contributed by atoms with E-state index in [1.807, 2.05) is 0 Å². The van der Waals surface area contributed by atoms with Gasteiger partial charge in [0.05, 0.1) is 0 Å². The van der Waals surface area contributed by atoms with Crippen LogP contribution in [0.5, 0.6) is 0 Å². The molecule has 2 aromatic rings. The van der Waals surface area contributed by atoms with Crippen molar-refractivity contribution in [3.05, 3.63) is 71.3 Å². The van der Waals surface area contributed by atoms with E-state index in [2.05, 4.69) is 68.4 Å². The number of hydrogen-bond donors (Lipinski definition) is 0. The molecule has 0 aromatic heterocycles. The van der Waals surface area contributed by atoms with Crippen LogP contribution < -0.4 is 0 Å². The second kappa shape index (κ2) is 7.89. The zero-order chi connectivity index (χ0) is 14.2. The zero-order valence-electron chi connectivity index (χ0n) is 12.8. The molecule has 0 nitrogen and oxygen atoms in total. The van der Waals surface area contributed by atoms with Crippen molar-refractivity contribution in [2.45, 2.75) is 46.0 Å². The van der Waals surface area contributed by atoms with Gasteiger partial charge in [0.15, 0.2) is 0 Å². The molecule has 2 rings (SSSR count). The monoisotopic (exact) mass is 266 g/mol. The smallest absolute Gasteiger partial charge is 0.0238 e. The maximum atomic E-state index is 2.39. The predicted octanol–water partition coefficient (Wildman–Crippen LogP) is 5.45. The molecule has 0 unspecified atom stereocenters. The number of aryl methyl sites for hydroxylation is 3. The van der Waals surface area contributed by atoms with Gasteiger partial charge in [-0.05, 0) is 48.3 Å². The molecule has 0 fully saturated rings. The average Bonchev–Trinajstić information content (AvgIpc) is 2.46. The molecular weight excluding hydrogens is 240 g/mol. The van der Waals surface area contributed by atoms with Crippen LogP contribution in [0.1, 0.15) is 43.4 Å². The number of hydrogen-bond acceptors (Lipinski definition) is 0. The molecule has 0 aliphatic carbocycles. The van der Waals surface area contributed by atoms with Gasteiger partial charge in [0.1, 0.15) is 0 Å². The first kappa shape index (κ1) is 14.8. The summed E-state index contributed by atoms with van der Waals surface area (Å²) in [4.78, 5) is 0. The molecule has 106 valence electrons. The van der Waals surface area contributed by atoms with Crippen molar-refractivity contribution < 1.29 is 0 Å². The van der Waals surface area contributed by atoms with Crippen molar-refractivity contribution in [3.63, 3.8) is 0 Å². The highest BCUT2D eigenvalue weighted by Crippen LogP contribution is 2.13. The van der Waals surface area contributed by atoms with Crippen LogP contribution in [0.3, 0.4) is 0 Å². The fraction of sp³-hybridized carbons (Fsp3) is 0.400. The van der Waals surface area contributed by atoms with Crippen LogP contribution in [0, 0.1) is 5.92 Å². The first-order valence-electron chi connectivity index (χ1n) is 7.86. The minimum atomic E-state index is 0.816. The largest absolute Gasteiger partial charge is 0.0628 e. The molecule has 20 heavy (non-hydrogen) atoms. The summed E-state index contributed by atoms with van der Waals surface area (Å²) in [5, 5.41) is 0. The van der Waals surface area contributed by atoms with Crippen LogP contribution in [-0.4, -0.2) is 0 Å². The molecule has 0 saturated heterocycles. The molecule has 0 atom stereocenters. The van der Waals surface area contributed by atoms with E-state index in [1.54, 1.807) is 0 Å². The van der Waals surface area contributed by atoms with Crippen LogP contribution in [0.2, 0.25) is 0 Å². The molecule has 0 spiro atoms. The van der Waals surface area contributed by atoms with E-state index in [4.69, 9.17) is 0 Å². The molecule has 0 radical (unpaired) electrons. The lowest BCUT2D eigenvalue weighted by Crippen LogP contribution is -1.94. The average molecular weight is 266 g/mol. The SMILES string of the molecule is CC(C)CCCc1cccc(CCc2ccccc2)c1. The fourth-order valence-electron chi connectivity index (χ4n) is 2.59. The summed E-state index contributed by atoms with van der Waals surface area (Å²) < 4.78 is 0. The van der Waals surface area contributed by atoms with E-state index < -0.39 is 0 Å². The Morgan fingerprint density at radius 3 is 2.00 bits per heavy atom. The van der Waals surface area contributed by atoms with Gasteiger partial charge in [-0.2, -0.15) is 0 Å². The van der Waals surface area contributed by atoms with Crippen molar-refractivity contribution in [2.24, 2.45) is 5.92 Å². The summed E-state index contributed by atoms with van der Waals surface area (Å²) in [5.41, 5.74) is 4.39. The maximum Gasteiger partial charge on any atom is -0.0238 e. The Labute approximate surface area is 123 Å². The van der Waals surface area contributed by atoms with Crippen LogP contribution in [0.4, 0.5) is 0 Å². The Kier molecular flexibility index (Phi) is 5.86. The van der Waals surface area contributed by atoms with Gasteiger partial charge in [-0.1, -0.05) is 74.9 Å². The molecule has 0 amide bonds. The standard InChI is InChI=1S/C20H26/c1-17(2)8-6-11-19-12-7-13-20(16-19)15-14-18-9-4-3-5-10-18/h3-5,7,9-10,12-13,16-17H,6,8,11,14-15H2,1-2H3. The Hall–Kier alpha value is -1.56. The van der Waals surface area contributed by atoms with Crippen molar-refractivity contribution in [2.75, 3.05) is 0 Å². The highest BCUT2D eigenvalue weighted by Gasteiger charge is 1.99. The second-order valence-corrected chi connectivity index (χ2v) is 6.09. The number of benzene rings is 2. The molecule has 0 heteroatoms. The Morgan fingerprint density at radius 1 is 0.700 bits per heavy atom. The molecule has 0 aliphatic heterocycles. The summed E-state index contributed by atoms with van der Waals surface area (Å²) >= 11 is 0. The molecule has 0 aliphatic rings. The highest BCUT2D eigenvalue weighted by atomic mass is 14.1. The Bertz CT molecular complexity index is 496. The highest BCUT2D eigenvalue weighted by molar-refractivity contribution is 5.25. The third-order valence-corrected chi connectivity index (χ3v) is 3.78. The van der Waals surface area contributed by atoms with Crippen LogP contribution in [0.15, 0.2) is 54.6 Å².